The van der Waals surface area contributed by atoms with Gasteiger partial charge in [0.25, 0.3) is 5.91 Å². The van der Waals surface area contributed by atoms with Crippen molar-refractivity contribution in [3.8, 4) is 0 Å². The summed E-state index contributed by atoms with van der Waals surface area (Å²) in [6.07, 6.45) is 2.05. The van der Waals surface area contributed by atoms with Gasteiger partial charge in [0.2, 0.25) is 11.9 Å². The van der Waals surface area contributed by atoms with Gasteiger partial charge in [-0.15, -0.1) is 10.2 Å². The number of anilines is 3. The Morgan fingerprint density at radius 1 is 1.29 bits per heavy atom. The van der Waals surface area contributed by atoms with Crippen LogP contribution in [0.3, 0.4) is 0 Å². The van der Waals surface area contributed by atoms with Gasteiger partial charge < -0.3 is 21.3 Å². The molecule has 1 saturated heterocycles. The maximum Gasteiger partial charge on any atom is 0.273 e. The summed E-state index contributed by atoms with van der Waals surface area (Å²) in [6.45, 7) is 8.67. The van der Waals surface area contributed by atoms with Crippen molar-refractivity contribution >= 4 is 29.3 Å². The van der Waals surface area contributed by atoms with Gasteiger partial charge in [-0.1, -0.05) is 12.6 Å². The molecule has 2 aromatic rings. The van der Waals surface area contributed by atoms with Crippen LogP contribution in [0, 0.1) is 13.8 Å². The van der Waals surface area contributed by atoms with E-state index < -0.39 is 5.91 Å². The van der Waals surface area contributed by atoms with Crippen LogP contribution in [0.25, 0.3) is 0 Å². The molecule has 0 unspecified atom stereocenters. The lowest BCUT2D eigenvalue weighted by Gasteiger charge is -2.16. The highest BCUT2D eigenvalue weighted by atomic mass is 16.2. The number of hydrogen-bond acceptors (Lipinski definition) is 7. The molecule has 0 radical (unpaired) electrons. The summed E-state index contributed by atoms with van der Waals surface area (Å²) in [6, 6.07) is 5.79. The first-order valence-corrected chi connectivity index (χ1v) is 8.94. The van der Waals surface area contributed by atoms with Crippen LogP contribution >= 0.6 is 0 Å². The number of aryl methyl sites for hydroxylation is 2. The number of likely N-dealkylation sites (tertiary alicyclic amines) is 1. The van der Waals surface area contributed by atoms with Gasteiger partial charge in [0.05, 0.1) is 0 Å². The zero-order chi connectivity index (χ0) is 20.3. The number of carbonyl (C=O) groups is 2. The zero-order valence-corrected chi connectivity index (χ0v) is 15.9. The van der Waals surface area contributed by atoms with Gasteiger partial charge >= 0.3 is 0 Å². The van der Waals surface area contributed by atoms with Gasteiger partial charge in [-0.25, -0.2) is 0 Å². The third-order valence-electron chi connectivity index (χ3n) is 4.70. The van der Waals surface area contributed by atoms with Crippen LogP contribution in [0.5, 0.6) is 0 Å². The molecule has 0 spiro atoms. The second kappa shape index (κ2) is 8.03. The van der Waals surface area contributed by atoms with Crippen LogP contribution in [0.2, 0.25) is 0 Å². The Kier molecular flexibility index (Phi) is 5.53. The lowest BCUT2D eigenvalue weighted by molar-refractivity contribution is -0.125. The molecule has 28 heavy (non-hydrogen) atoms. The standard InChI is InChI=1S/C19H23N7O2/c1-4-15(27)26-8-7-14(10-26)22-19-23-18(16(17(20)28)24-25-19)21-13-6-5-11(2)12(3)9-13/h4-6,9,14H,1,7-8,10H2,2-3H3,(H2,20,28)(H2,21,22,23,25)/t14-/m1/s1. The number of nitrogens with one attached hydrogen (secondary N) is 2. The van der Waals surface area contributed by atoms with Crippen LogP contribution in [0.4, 0.5) is 17.5 Å². The van der Waals surface area contributed by atoms with Crippen molar-refractivity contribution in [1.82, 2.24) is 20.1 Å². The minimum absolute atomic E-state index is 0.0143. The highest BCUT2D eigenvalue weighted by Crippen LogP contribution is 2.21. The summed E-state index contributed by atoms with van der Waals surface area (Å²) in [5, 5.41) is 14.1. The number of primary amides is 1. The van der Waals surface area contributed by atoms with Gasteiger partial charge in [0.15, 0.2) is 11.5 Å². The molecule has 1 aromatic heterocycles. The van der Waals surface area contributed by atoms with Crippen molar-refractivity contribution in [2.24, 2.45) is 5.73 Å². The lowest BCUT2D eigenvalue weighted by Crippen LogP contribution is -2.30. The molecule has 3 rings (SSSR count). The van der Waals surface area contributed by atoms with E-state index in [-0.39, 0.29) is 29.4 Å². The fourth-order valence-corrected chi connectivity index (χ4v) is 2.99. The second-order valence-electron chi connectivity index (χ2n) is 6.74. The zero-order valence-electron chi connectivity index (χ0n) is 15.9. The van der Waals surface area contributed by atoms with E-state index in [1.54, 1.807) is 4.90 Å². The number of carbonyl (C=O) groups excluding carboxylic acids is 2. The number of nitrogens with zero attached hydrogens (tertiary/aromatic N) is 4. The fraction of sp³-hybridized carbons (Fsp3) is 0.316. The quantitative estimate of drug-likeness (QED) is 0.648. The average molecular weight is 381 g/mol. The van der Waals surface area contributed by atoms with Crippen LogP contribution < -0.4 is 16.4 Å². The van der Waals surface area contributed by atoms with Crippen molar-refractivity contribution in [2.75, 3.05) is 23.7 Å². The molecule has 9 heteroatoms. The molecule has 4 N–H and O–H groups in total. The molecule has 1 atom stereocenters. The molecule has 1 fully saturated rings. The third-order valence-corrected chi connectivity index (χ3v) is 4.70. The Hall–Kier alpha value is -3.49. The predicted molar refractivity (Wildman–Crippen MR) is 106 cm³/mol. The fourth-order valence-electron chi connectivity index (χ4n) is 2.99. The SMILES string of the molecule is C=CC(=O)N1CC[C@@H](Nc2nnc(C(N)=O)c(Nc3ccc(C)c(C)c3)n2)C1. The minimum Gasteiger partial charge on any atom is -0.364 e. The number of amides is 2. The first-order valence-electron chi connectivity index (χ1n) is 8.94. The predicted octanol–water partition coefficient (Wildman–Crippen LogP) is 1.53. The summed E-state index contributed by atoms with van der Waals surface area (Å²) in [4.78, 5) is 29.5. The van der Waals surface area contributed by atoms with Crippen molar-refractivity contribution in [3.63, 3.8) is 0 Å². The molecule has 2 amide bonds. The smallest absolute Gasteiger partial charge is 0.273 e. The van der Waals surface area contributed by atoms with Crippen LogP contribution in [-0.4, -0.2) is 51.0 Å². The highest BCUT2D eigenvalue weighted by molar-refractivity contribution is 5.96. The third kappa shape index (κ3) is 4.25. The minimum atomic E-state index is -0.721. The van der Waals surface area contributed by atoms with Crippen molar-refractivity contribution < 1.29 is 9.59 Å². The van der Waals surface area contributed by atoms with E-state index in [4.69, 9.17) is 5.73 Å². The maximum absolute atomic E-state index is 11.7. The second-order valence-corrected chi connectivity index (χ2v) is 6.74. The lowest BCUT2D eigenvalue weighted by atomic mass is 10.1. The first-order chi connectivity index (χ1) is 13.4. The molecule has 0 saturated carbocycles. The first kappa shape index (κ1) is 19.3. The van der Waals surface area contributed by atoms with E-state index in [0.717, 1.165) is 23.2 Å². The summed E-state index contributed by atoms with van der Waals surface area (Å²) >= 11 is 0. The van der Waals surface area contributed by atoms with Gasteiger partial charge in [0, 0.05) is 24.8 Å². The van der Waals surface area contributed by atoms with E-state index in [2.05, 4.69) is 32.4 Å². The van der Waals surface area contributed by atoms with Gasteiger partial charge in [0.1, 0.15) is 0 Å². The topological polar surface area (TPSA) is 126 Å². The molecule has 1 aromatic carbocycles. The van der Waals surface area contributed by atoms with E-state index in [9.17, 15) is 9.59 Å². The number of rotatable bonds is 6. The Balaban J connectivity index is 1.79. The largest absolute Gasteiger partial charge is 0.364 e. The normalized spacial score (nSPS) is 15.9. The van der Waals surface area contributed by atoms with Crippen molar-refractivity contribution in [3.05, 3.63) is 47.7 Å². The molecule has 0 aliphatic carbocycles. The Labute approximate surface area is 163 Å². The average Bonchev–Trinajstić information content (AvgIpc) is 3.12. The Bertz CT molecular complexity index is 928. The highest BCUT2D eigenvalue weighted by Gasteiger charge is 2.26. The van der Waals surface area contributed by atoms with Gasteiger partial charge in [-0.05, 0) is 49.6 Å². The monoisotopic (exact) mass is 381 g/mol. The molecule has 2 heterocycles. The molecular formula is C19H23N7O2. The van der Waals surface area contributed by atoms with Gasteiger partial charge in [-0.2, -0.15) is 4.98 Å². The Morgan fingerprint density at radius 3 is 2.75 bits per heavy atom. The van der Waals surface area contributed by atoms with Gasteiger partial charge in [-0.3, -0.25) is 9.59 Å². The van der Waals surface area contributed by atoms with Crippen LogP contribution in [-0.2, 0) is 4.79 Å². The molecule has 1 aliphatic rings. The van der Waals surface area contributed by atoms with Crippen molar-refractivity contribution in [2.45, 2.75) is 26.3 Å². The number of hydrogen-bond donors (Lipinski definition) is 3. The number of benzene rings is 1. The summed E-state index contributed by atoms with van der Waals surface area (Å²) in [7, 11) is 0. The van der Waals surface area contributed by atoms with Crippen LogP contribution in [0.15, 0.2) is 30.9 Å². The summed E-state index contributed by atoms with van der Waals surface area (Å²) in [5.74, 6) is -0.342. The Morgan fingerprint density at radius 2 is 2.07 bits per heavy atom. The van der Waals surface area contributed by atoms with E-state index in [1.165, 1.54) is 6.08 Å². The molecule has 1 aliphatic heterocycles. The van der Waals surface area contributed by atoms with Crippen molar-refractivity contribution in [1.29, 1.82) is 0 Å². The molecule has 0 bridgehead atoms. The van der Waals surface area contributed by atoms with E-state index >= 15 is 0 Å². The number of aromatic nitrogens is 3. The van der Waals surface area contributed by atoms with E-state index in [0.29, 0.717) is 13.1 Å². The maximum atomic E-state index is 11.7. The molecule has 146 valence electrons. The molecular weight excluding hydrogens is 358 g/mol. The van der Waals surface area contributed by atoms with Crippen LogP contribution in [0.1, 0.15) is 28.0 Å². The molecule has 9 nitrogen and oxygen atoms in total. The van der Waals surface area contributed by atoms with E-state index in [1.807, 2.05) is 32.0 Å². The number of nitrogens with two attached hydrogens (primary N) is 1. The summed E-state index contributed by atoms with van der Waals surface area (Å²) in [5.41, 5.74) is 8.39. The summed E-state index contributed by atoms with van der Waals surface area (Å²) < 4.78 is 0.